The molecule has 112 valence electrons. The highest BCUT2D eigenvalue weighted by Gasteiger charge is 2.23. The van der Waals surface area contributed by atoms with E-state index in [2.05, 4.69) is 10.6 Å². The van der Waals surface area contributed by atoms with Gasteiger partial charge in [-0.3, -0.25) is 0 Å². The average Bonchev–Trinajstić information content (AvgIpc) is 2.45. The molecule has 0 fully saturated rings. The van der Waals surface area contributed by atoms with Crippen LogP contribution in [0.25, 0.3) is 0 Å². The Balaban J connectivity index is 2.53. The minimum Gasteiger partial charge on any atom is -0.388 e. The molecular formula is C15H23ClN2O2. The van der Waals surface area contributed by atoms with Crippen LogP contribution in [0, 0.1) is 0 Å². The summed E-state index contributed by atoms with van der Waals surface area (Å²) in [7, 11) is 0. The Kier molecular flexibility index (Phi) is 6.30. The molecule has 0 radical (unpaired) electrons. The highest BCUT2D eigenvalue weighted by Crippen LogP contribution is 2.22. The molecule has 0 heterocycles. The van der Waals surface area contributed by atoms with Gasteiger partial charge in [-0.15, -0.1) is 0 Å². The summed E-state index contributed by atoms with van der Waals surface area (Å²) < 4.78 is 0. The van der Waals surface area contributed by atoms with E-state index in [0.717, 1.165) is 5.56 Å². The van der Waals surface area contributed by atoms with Gasteiger partial charge in [0.05, 0.1) is 11.6 Å². The maximum Gasteiger partial charge on any atom is 0.315 e. The Hall–Kier alpha value is -1.26. The molecule has 4 nitrogen and oxygen atoms in total. The number of hydrogen-bond acceptors (Lipinski definition) is 2. The van der Waals surface area contributed by atoms with E-state index in [1.54, 1.807) is 6.07 Å². The van der Waals surface area contributed by atoms with Gasteiger partial charge in [-0.05, 0) is 31.4 Å². The Morgan fingerprint density at radius 2 is 1.95 bits per heavy atom. The van der Waals surface area contributed by atoms with Crippen molar-refractivity contribution in [1.82, 2.24) is 10.6 Å². The van der Waals surface area contributed by atoms with Crippen molar-refractivity contribution in [3.63, 3.8) is 0 Å². The van der Waals surface area contributed by atoms with Gasteiger partial charge >= 0.3 is 6.03 Å². The average molecular weight is 299 g/mol. The van der Waals surface area contributed by atoms with Gasteiger partial charge in [0.2, 0.25) is 0 Å². The van der Waals surface area contributed by atoms with Crippen LogP contribution in [0.3, 0.4) is 0 Å². The third-order valence-corrected chi connectivity index (χ3v) is 3.96. The molecule has 0 aromatic heterocycles. The Bertz CT molecular complexity index is 447. The zero-order valence-electron chi connectivity index (χ0n) is 12.2. The van der Waals surface area contributed by atoms with Crippen LogP contribution in [0.1, 0.15) is 45.2 Å². The zero-order chi connectivity index (χ0) is 15.2. The lowest BCUT2D eigenvalue weighted by molar-refractivity contribution is 0.0349. The summed E-state index contributed by atoms with van der Waals surface area (Å²) in [6.07, 6.45) is 1.20. The van der Waals surface area contributed by atoms with Crippen LogP contribution >= 0.6 is 11.6 Å². The molecule has 0 aliphatic rings. The second-order valence-electron chi connectivity index (χ2n) is 5.00. The van der Waals surface area contributed by atoms with E-state index >= 15 is 0 Å². The first kappa shape index (κ1) is 16.8. The predicted molar refractivity (Wildman–Crippen MR) is 81.9 cm³/mol. The molecule has 1 aromatic rings. The topological polar surface area (TPSA) is 61.4 Å². The number of carbonyl (C=O) groups excluding carboxylic acids is 1. The molecule has 0 aliphatic carbocycles. The number of hydrogen-bond donors (Lipinski definition) is 3. The van der Waals surface area contributed by atoms with Crippen molar-refractivity contribution in [2.45, 2.75) is 45.3 Å². The van der Waals surface area contributed by atoms with Crippen molar-refractivity contribution in [2.75, 3.05) is 6.54 Å². The molecule has 0 saturated heterocycles. The highest BCUT2D eigenvalue weighted by molar-refractivity contribution is 6.31. The second kappa shape index (κ2) is 7.50. The maximum atomic E-state index is 11.8. The smallest absolute Gasteiger partial charge is 0.315 e. The second-order valence-corrected chi connectivity index (χ2v) is 5.41. The first-order valence-electron chi connectivity index (χ1n) is 6.93. The van der Waals surface area contributed by atoms with Gasteiger partial charge in [0.25, 0.3) is 0 Å². The molecule has 20 heavy (non-hydrogen) atoms. The molecule has 1 aromatic carbocycles. The third-order valence-electron chi connectivity index (χ3n) is 3.61. The quantitative estimate of drug-likeness (QED) is 0.755. The maximum absolute atomic E-state index is 11.8. The van der Waals surface area contributed by atoms with Gasteiger partial charge in [-0.25, -0.2) is 4.79 Å². The van der Waals surface area contributed by atoms with E-state index in [4.69, 9.17) is 11.6 Å². The molecule has 3 N–H and O–H groups in total. The summed E-state index contributed by atoms with van der Waals surface area (Å²) in [4.78, 5) is 11.8. The number of benzene rings is 1. The van der Waals surface area contributed by atoms with Crippen LogP contribution in [0.5, 0.6) is 0 Å². The van der Waals surface area contributed by atoms with Crippen molar-refractivity contribution in [2.24, 2.45) is 0 Å². The van der Waals surface area contributed by atoms with Crippen molar-refractivity contribution in [1.29, 1.82) is 0 Å². The van der Waals surface area contributed by atoms with Crippen LogP contribution in [-0.4, -0.2) is 23.3 Å². The molecule has 1 rings (SSSR count). The third kappa shape index (κ3) is 4.69. The van der Waals surface area contributed by atoms with Crippen LogP contribution < -0.4 is 10.6 Å². The van der Waals surface area contributed by atoms with E-state index in [9.17, 15) is 9.90 Å². The van der Waals surface area contributed by atoms with Gasteiger partial charge in [-0.2, -0.15) is 0 Å². The molecule has 5 heteroatoms. The lowest BCUT2D eigenvalue weighted by atomic mass is 9.98. The number of amides is 2. The van der Waals surface area contributed by atoms with Gasteiger partial charge < -0.3 is 15.7 Å². The molecule has 0 spiro atoms. The molecule has 2 amide bonds. The monoisotopic (exact) mass is 298 g/mol. The number of urea groups is 1. The van der Waals surface area contributed by atoms with Crippen LogP contribution in [-0.2, 0) is 0 Å². The predicted octanol–water partition coefficient (Wildman–Crippen LogP) is 3.25. The van der Waals surface area contributed by atoms with Crippen molar-refractivity contribution >= 4 is 17.6 Å². The number of aliphatic hydroxyl groups is 1. The summed E-state index contributed by atoms with van der Waals surface area (Å²) in [5.41, 5.74) is 0.0240. The van der Waals surface area contributed by atoms with Gasteiger partial charge in [0, 0.05) is 11.6 Å². The summed E-state index contributed by atoms with van der Waals surface area (Å²) in [5, 5.41) is 16.2. The van der Waals surface area contributed by atoms with Gasteiger partial charge in [0.15, 0.2) is 0 Å². The first-order valence-corrected chi connectivity index (χ1v) is 7.31. The molecule has 1 unspecified atom stereocenters. The number of carbonyl (C=O) groups is 1. The summed E-state index contributed by atoms with van der Waals surface area (Å²) in [5.74, 6) is 0. The largest absolute Gasteiger partial charge is 0.388 e. The minimum absolute atomic E-state index is 0.194. The molecule has 0 saturated carbocycles. The number of halogens is 1. The fraction of sp³-hybridized carbons (Fsp3) is 0.533. The van der Waals surface area contributed by atoms with Crippen LogP contribution in [0.4, 0.5) is 4.79 Å². The van der Waals surface area contributed by atoms with E-state index < -0.39 is 5.60 Å². The lowest BCUT2D eigenvalue weighted by Gasteiger charge is -2.26. The van der Waals surface area contributed by atoms with Crippen molar-refractivity contribution in [3.8, 4) is 0 Å². The SMILES string of the molecule is CCC(O)(CC)CNC(=O)NC(C)c1ccccc1Cl. The van der Waals surface area contributed by atoms with Crippen LogP contribution in [0.2, 0.25) is 5.02 Å². The minimum atomic E-state index is -0.842. The summed E-state index contributed by atoms with van der Waals surface area (Å²) in [6, 6.07) is 6.89. The van der Waals surface area contributed by atoms with Crippen molar-refractivity contribution < 1.29 is 9.90 Å². The Labute approximate surface area is 125 Å². The summed E-state index contributed by atoms with van der Waals surface area (Å²) in [6.45, 7) is 5.90. The number of nitrogens with one attached hydrogen (secondary N) is 2. The van der Waals surface area contributed by atoms with Crippen molar-refractivity contribution in [3.05, 3.63) is 34.9 Å². The molecule has 0 aliphatic heterocycles. The van der Waals surface area contributed by atoms with Gasteiger partial charge in [0.1, 0.15) is 0 Å². The Morgan fingerprint density at radius 3 is 2.50 bits per heavy atom. The Morgan fingerprint density at radius 1 is 1.35 bits per heavy atom. The van der Waals surface area contributed by atoms with E-state index in [1.807, 2.05) is 39.0 Å². The lowest BCUT2D eigenvalue weighted by Crippen LogP contribution is -2.46. The van der Waals surface area contributed by atoms with Gasteiger partial charge in [-0.1, -0.05) is 43.6 Å². The van der Waals surface area contributed by atoms with E-state index in [1.165, 1.54) is 0 Å². The van der Waals surface area contributed by atoms with E-state index in [-0.39, 0.29) is 18.6 Å². The highest BCUT2D eigenvalue weighted by atomic mass is 35.5. The number of rotatable bonds is 6. The zero-order valence-corrected chi connectivity index (χ0v) is 13.0. The standard InChI is InChI=1S/C15H23ClN2O2/c1-4-15(20,5-2)10-17-14(19)18-11(3)12-8-6-7-9-13(12)16/h6-9,11,20H,4-5,10H2,1-3H3,(H2,17,18,19). The molecular weight excluding hydrogens is 276 g/mol. The summed E-state index contributed by atoms with van der Waals surface area (Å²) >= 11 is 6.09. The fourth-order valence-corrected chi connectivity index (χ4v) is 2.20. The first-order chi connectivity index (χ1) is 9.41. The van der Waals surface area contributed by atoms with E-state index in [0.29, 0.717) is 17.9 Å². The normalized spacial score (nSPS) is 12.8. The van der Waals surface area contributed by atoms with Crippen LogP contribution in [0.15, 0.2) is 24.3 Å². The fourth-order valence-electron chi connectivity index (χ4n) is 1.90. The molecule has 0 bridgehead atoms. The molecule has 1 atom stereocenters.